The van der Waals surface area contributed by atoms with Gasteiger partial charge in [-0.1, -0.05) is 6.92 Å². The van der Waals surface area contributed by atoms with Crippen LogP contribution >= 0.6 is 23.1 Å². The standard InChI is InChI=1S/C11H14N4OS2/c1-3-4-16-9-8(12)10(14-6-13-9)18-11-15-7(2)5-17-11/h5-6H,3-4,12H2,1-2H3. The molecule has 0 aliphatic carbocycles. The third kappa shape index (κ3) is 3.11. The molecule has 0 aliphatic heterocycles. The van der Waals surface area contributed by atoms with Gasteiger partial charge >= 0.3 is 0 Å². The maximum Gasteiger partial charge on any atom is 0.241 e. The van der Waals surface area contributed by atoms with Crippen LogP contribution < -0.4 is 10.5 Å². The van der Waals surface area contributed by atoms with Gasteiger partial charge in [-0.3, -0.25) is 0 Å². The largest absolute Gasteiger partial charge is 0.476 e. The number of nitrogens with two attached hydrogens (primary N) is 1. The number of rotatable bonds is 5. The van der Waals surface area contributed by atoms with Crippen molar-refractivity contribution >= 4 is 28.8 Å². The molecule has 0 aromatic carbocycles. The summed E-state index contributed by atoms with van der Waals surface area (Å²) in [6.45, 7) is 4.59. The molecule has 0 atom stereocenters. The molecule has 96 valence electrons. The molecule has 0 saturated heterocycles. The molecule has 2 aromatic rings. The van der Waals surface area contributed by atoms with Gasteiger partial charge in [0.05, 0.1) is 6.61 Å². The Labute approximate surface area is 114 Å². The predicted octanol–water partition coefficient (Wildman–Crippen LogP) is 2.76. The highest BCUT2D eigenvalue weighted by Gasteiger charge is 2.12. The first-order valence-corrected chi connectivity index (χ1v) is 7.23. The maximum atomic E-state index is 5.98. The molecule has 2 heterocycles. The summed E-state index contributed by atoms with van der Waals surface area (Å²) < 4.78 is 6.38. The van der Waals surface area contributed by atoms with E-state index in [1.165, 1.54) is 18.1 Å². The summed E-state index contributed by atoms with van der Waals surface area (Å²) in [6.07, 6.45) is 2.38. The fourth-order valence-corrected chi connectivity index (χ4v) is 2.97. The van der Waals surface area contributed by atoms with Gasteiger partial charge in [0.25, 0.3) is 0 Å². The van der Waals surface area contributed by atoms with Crippen LogP contribution in [-0.2, 0) is 0 Å². The Bertz CT molecular complexity index is 530. The summed E-state index contributed by atoms with van der Waals surface area (Å²) in [5, 5.41) is 2.68. The van der Waals surface area contributed by atoms with Gasteiger partial charge in [-0.15, -0.1) is 11.3 Å². The van der Waals surface area contributed by atoms with Crippen LogP contribution in [0, 0.1) is 6.92 Å². The van der Waals surface area contributed by atoms with Crippen molar-refractivity contribution in [2.45, 2.75) is 29.6 Å². The molecular weight excluding hydrogens is 268 g/mol. The molecule has 2 rings (SSSR count). The second-order valence-corrected chi connectivity index (χ2v) is 5.70. The van der Waals surface area contributed by atoms with E-state index >= 15 is 0 Å². The number of nitrogen functional groups attached to an aromatic ring is 1. The van der Waals surface area contributed by atoms with Crippen LogP contribution in [0.4, 0.5) is 5.69 Å². The third-order valence-corrected chi connectivity index (χ3v) is 4.11. The summed E-state index contributed by atoms with van der Waals surface area (Å²) in [5.74, 6) is 0.447. The normalized spacial score (nSPS) is 10.6. The lowest BCUT2D eigenvalue weighted by atomic mass is 10.5. The summed E-state index contributed by atoms with van der Waals surface area (Å²) in [7, 11) is 0. The Morgan fingerprint density at radius 3 is 2.94 bits per heavy atom. The Hall–Kier alpha value is -1.34. The zero-order chi connectivity index (χ0) is 13.0. The monoisotopic (exact) mass is 282 g/mol. The van der Waals surface area contributed by atoms with E-state index in [4.69, 9.17) is 10.5 Å². The average Bonchev–Trinajstić information content (AvgIpc) is 2.76. The van der Waals surface area contributed by atoms with Gasteiger partial charge in [0.2, 0.25) is 5.88 Å². The first-order chi connectivity index (χ1) is 8.70. The van der Waals surface area contributed by atoms with Crippen LogP contribution in [0.2, 0.25) is 0 Å². The van der Waals surface area contributed by atoms with E-state index in [0.29, 0.717) is 23.2 Å². The molecule has 0 amide bonds. The number of anilines is 1. The average molecular weight is 282 g/mol. The Balaban J connectivity index is 2.17. The van der Waals surface area contributed by atoms with Crippen molar-refractivity contribution in [3.05, 3.63) is 17.4 Å². The van der Waals surface area contributed by atoms with E-state index in [1.54, 1.807) is 11.3 Å². The molecule has 0 bridgehead atoms. The number of ether oxygens (including phenoxy) is 1. The van der Waals surface area contributed by atoms with Crippen LogP contribution in [0.1, 0.15) is 19.0 Å². The van der Waals surface area contributed by atoms with Gasteiger partial charge in [0.15, 0.2) is 4.34 Å². The molecule has 5 nitrogen and oxygen atoms in total. The quantitative estimate of drug-likeness (QED) is 0.850. The number of hydrogen-bond donors (Lipinski definition) is 1. The molecule has 7 heteroatoms. The highest BCUT2D eigenvalue weighted by Crippen LogP contribution is 2.35. The van der Waals surface area contributed by atoms with Gasteiger partial charge in [-0.05, 0) is 25.1 Å². The van der Waals surface area contributed by atoms with Crippen molar-refractivity contribution < 1.29 is 4.74 Å². The molecule has 2 N–H and O–H groups in total. The Morgan fingerprint density at radius 1 is 1.44 bits per heavy atom. The van der Waals surface area contributed by atoms with Crippen molar-refractivity contribution in [1.82, 2.24) is 15.0 Å². The first kappa shape index (κ1) is 13.1. The summed E-state index contributed by atoms with van der Waals surface area (Å²) in [6, 6.07) is 0. The molecule has 0 unspecified atom stereocenters. The predicted molar refractivity (Wildman–Crippen MR) is 73.2 cm³/mol. The van der Waals surface area contributed by atoms with E-state index in [0.717, 1.165) is 16.5 Å². The fourth-order valence-electron chi connectivity index (χ4n) is 1.22. The topological polar surface area (TPSA) is 73.9 Å². The van der Waals surface area contributed by atoms with E-state index in [-0.39, 0.29) is 0 Å². The van der Waals surface area contributed by atoms with Crippen LogP contribution in [0.15, 0.2) is 21.1 Å². The SMILES string of the molecule is CCCOc1ncnc(Sc2nc(C)cs2)c1N. The van der Waals surface area contributed by atoms with Crippen LogP contribution in [0.3, 0.4) is 0 Å². The maximum absolute atomic E-state index is 5.98. The molecule has 0 fully saturated rings. The number of aryl methyl sites for hydroxylation is 1. The minimum Gasteiger partial charge on any atom is -0.476 e. The minimum atomic E-state index is 0.447. The Kier molecular flexibility index (Phi) is 4.38. The fraction of sp³-hybridized carbons (Fsp3) is 0.364. The van der Waals surface area contributed by atoms with Crippen molar-refractivity contribution in [2.75, 3.05) is 12.3 Å². The van der Waals surface area contributed by atoms with E-state index < -0.39 is 0 Å². The second-order valence-electron chi connectivity index (χ2n) is 3.60. The number of nitrogens with zero attached hydrogens (tertiary/aromatic N) is 3. The molecule has 0 radical (unpaired) electrons. The van der Waals surface area contributed by atoms with Gasteiger partial charge in [0, 0.05) is 11.1 Å². The van der Waals surface area contributed by atoms with Crippen molar-refractivity contribution in [3.8, 4) is 5.88 Å². The molecular formula is C11H14N4OS2. The first-order valence-electron chi connectivity index (χ1n) is 5.54. The summed E-state index contributed by atoms with van der Waals surface area (Å²) >= 11 is 3.01. The summed E-state index contributed by atoms with van der Waals surface area (Å²) in [4.78, 5) is 12.6. The Morgan fingerprint density at radius 2 is 2.28 bits per heavy atom. The van der Waals surface area contributed by atoms with E-state index in [1.807, 2.05) is 19.2 Å². The lowest BCUT2D eigenvalue weighted by Crippen LogP contribution is -2.03. The zero-order valence-electron chi connectivity index (χ0n) is 10.2. The zero-order valence-corrected chi connectivity index (χ0v) is 11.8. The molecule has 0 spiro atoms. The molecule has 2 aromatic heterocycles. The molecule has 18 heavy (non-hydrogen) atoms. The summed E-state index contributed by atoms with van der Waals surface area (Å²) in [5.41, 5.74) is 7.46. The van der Waals surface area contributed by atoms with Crippen molar-refractivity contribution in [1.29, 1.82) is 0 Å². The smallest absolute Gasteiger partial charge is 0.241 e. The second kappa shape index (κ2) is 6.01. The van der Waals surface area contributed by atoms with Crippen molar-refractivity contribution in [3.63, 3.8) is 0 Å². The van der Waals surface area contributed by atoms with Crippen LogP contribution in [0.25, 0.3) is 0 Å². The number of thiazole rings is 1. The van der Waals surface area contributed by atoms with Gasteiger partial charge in [-0.25, -0.2) is 9.97 Å². The van der Waals surface area contributed by atoms with Crippen LogP contribution in [-0.4, -0.2) is 21.6 Å². The highest BCUT2D eigenvalue weighted by molar-refractivity contribution is 8.01. The van der Waals surface area contributed by atoms with Crippen LogP contribution in [0.5, 0.6) is 5.88 Å². The molecule has 0 saturated carbocycles. The number of hydrogen-bond acceptors (Lipinski definition) is 7. The van der Waals surface area contributed by atoms with E-state index in [2.05, 4.69) is 15.0 Å². The number of aromatic nitrogens is 3. The van der Waals surface area contributed by atoms with Gasteiger partial charge < -0.3 is 10.5 Å². The lowest BCUT2D eigenvalue weighted by molar-refractivity contribution is 0.305. The highest BCUT2D eigenvalue weighted by atomic mass is 32.2. The van der Waals surface area contributed by atoms with Gasteiger partial charge in [-0.2, -0.15) is 4.98 Å². The van der Waals surface area contributed by atoms with Crippen molar-refractivity contribution in [2.24, 2.45) is 0 Å². The third-order valence-electron chi connectivity index (χ3n) is 2.04. The lowest BCUT2D eigenvalue weighted by Gasteiger charge is -2.08. The molecule has 0 aliphatic rings. The van der Waals surface area contributed by atoms with E-state index in [9.17, 15) is 0 Å². The minimum absolute atomic E-state index is 0.447. The van der Waals surface area contributed by atoms with Gasteiger partial charge in [0.1, 0.15) is 17.0 Å².